The van der Waals surface area contributed by atoms with Crippen LogP contribution in [0.3, 0.4) is 0 Å². The van der Waals surface area contributed by atoms with Crippen LogP contribution in [-0.2, 0) is 20.7 Å². The minimum absolute atomic E-state index is 0.0272. The van der Waals surface area contributed by atoms with E-state index in [0.29, 0.717) is 13.0 Å². The summed E-state index contributed by atoms with van der Waals surface area (Å²) in [7, 11) is 0. The van der Waals surface area contributed by atoms with Crippen molar-refractivity contribution in [3.8, 4) is 0 Å². The Labute approximate surface area is 135 Å². The Morgan fingerprint density at radius 2 is 1.83 bits per heavy atom. The number of carbonyl (C=O) groups is 2. The predicted molar refractivity (Wildman–Crippen MR) is 86.8 cm³/mol. The molecule has 0 aromatic heterocycles. The van der Waals surface area contributed by atoms with Crippen LogP contribution >= 0.6 is 0 Å². The number of ether oxygens (including phenoxy) is 1. The van der Waals surface area contributed by atoms with Crippen LogP contribution in [-0.4, -0.2) is 29.9 Å². The number of benzene rings is 2. The summed E-state index contributed by atoms with van der Waals surface area (Å²) in [6.07, 6.45) is 0.318. The summed E-state index contributed by atoms with van der Waals surface area (Å²) >= 11 is 0. The molecular formula is C19H19NO3. The highest BCUT2D eigenvalue weighted by atomic mass is 16.5. The third-order valence-electron chi connectivity index (χ3n) is 4.04. The van der Waals surface area contributed by atoms with Gasteiger partial charge in [0.1, 0.15) is 6.54 Å². The van der Waals surface area contributed by atoms with E-state index >= 15 is 0 Å². The topological polar surface area (TPSA) is 46.6 Å². The van der Waals surface area contributed by atoms with E-state index in [4.69, 9.17) is 4.74 Å². The maximum atomic E-state index is 12.6. The first kappa shape index (κ1) is 15.3. The fourth-order valence-corrected chi connectivity index (χ4v) is 3.06. The molecule has 3 rings (SSSR count). The van der Waals surface area contributed by atoms with Crippen molar-refractivity contribution in [1.29, 1.82) is 0 Å². The highest BCUT2D eigenvalue weighted by Crippen LogP contribution is 2.35. The second-order valence-electron chi connectivity index (χ2n) is 5.52. The van der Waals surface area contributed by atoms with Crippen LogP contribution in [0.2, 0.25) is 0 Å². The van der Waals surface area contributed by atoms with Gasteiger partial charge < -0.3 is 9.64 Å². The maximum absolute atomic E-state index is 12.6. The molecule has 2 aromatic rings. The largest absolute Gasteiger partial charge is 0.465 e. The minimum Gasteiger partial charge on any atom is -0.465 e. The first-order chi connectivity index (χ1) is 11.2. The fraction of sp³-hybridized carbons (Fsp3) is 0.263. The number of hydrogen-bond acceptors (Lipinski definition) is 3. The molecule has 4 nitrogen and oxygen atoms in total. The smallest absolute Gasteiger partial charge is 0.325 e. The normalized spacial score (nSPS) is 16.8. The predicted octanol–water partition coefficient (Wildman–Crippen LogP) is 2.72. The standard InChI is InChI=1S/C19H19NO3/c1-2-23-18(22)13-20-17(21)12-15-10-6-7-11-16(15)19(20)14-8-4-3-5-9-14/h3-11,19H,2,12-13H2,1H3/t19-/m0/s1. The number of hydrogen-bond donors (Lipinski definition) is 0. The Kier molecular flexibility index (Phi) is 4.42. The van der Waals surface area contributed by atoms with E-state index < -0.39 is 0 Å². The van der Waals surface area contributed by atoms with Crippen molar-refractivity contribution in [1.82, 2.24) is 4.90 Å². The second-order valence-corrected chi connectivity index (χ2v) is 5.52. The number of esters is 1. The summed E-state index contributed by atoms with van der Waals surface area (Å²) in [5, 5.41) is 0. The zero-order valence-electron chi connectivity index (χ0n) is 13.1. The van der Waals surface area contributed by atoms with E-state index in [1.807, 2.05) is 54.6 Å². The van der Waals surface area contributed by atoms with Crippen molar-refractivity contribution in [3.05, 3.63) is 71.3 Å². The molecule has 0 saturated heterocycles. The molecular weight excluding hydrogens is 290 g/mol. The van der Waals surface area contributed by atoms with Crippen LogP contribution < -0.4 is 0 Å². The van der Waals surface area contributed by atoms with Crippen LogP contribution in [0.15, 0.2) is 54.6 Å². The summed E-state index contributed by atoms with van der Waals surface area (Å²) in [6, 6.07) is 17.5. The lowest BCUT2D eigenvalue weighted by molar-refractivity contribution is -0.150. The third kappa shape index (κ3) is 3.11. The highest BCUT2D eigenvalue weighted by Gasteiger charge is 2.34. The Balaban J connectivity index is 2.03. The molecule has 1 heterocycles. The second kappa shape index (κ2) is 6.65. The van der Waals surface area contributed by atoms with Gasteiger partial charge in [0.05, 0.1) is 19.1 Å². The van der Waals surface area contributed by atoms with Crippen molar-refractivity contribution in [2.24, 2.45) is 0 Å². The Morgan fingerprint density at radius 3 is 2.57 bits per heavy atom. The Morgan fingerprint density at radius 1 is 1.13 bits per heavy atom. The van der Waals surface area contributed by atoms with E-state index in [0.717, 1.165) is 16.7 Å². The van der Waals surface area contributed by atoms with Crippen LogP contribution in [0, 0.1) is 0 Å². The van der Waals surface area contributed by atoms with Crippen LogP contribution in [0.4, 0.5) is 0 Å². The van der Waals surface area contributed by atoms with Gasteiger partial charge in [-0.15, -0.1) is 0 Å². The van der Waals surface area contributed by atoms with E-state index in [1.165, 1.54) is 0 Å². The molecule has 0 N–H and O–H groups in total. The lowest BCUT2D eigenvalue weighted by Gasteiger charge is -2.37. The van der Waals surface area contributed by atoms with Crippen molar-refractivity contribution in [3.63, 3.8) is 0 Å². The maximum Gasteiger partial charge on any atom is 0.325 e. The fourth-order valence-electron chi connectivity index (χ4n) is 3.06. The molecule has 2 aromatic carbocycles. The van der Waals surface area contributed by atoms with Gasteiger partial charge in [0.25, 0.3) is 0 Å². The average molecular weight is 309 g/mol. The summed E-state index contributed by atoms with van der Waals surface area (Å²) in [5.41, 5.74) is 3.09. The first-order valence-corrected chi connectivity index (χ1v) is 7.78. The summed E-state index contributed by atoms with van der Waals surface area (Å²) in [5.74, 6) is -0.424. The van der Waals surface area contributed by atoms with Crippen molar-refractivity contribution in [2.75, 3.05) is 13.2 Å². The van der Waals surface area contributed by atoms with Crippen LogP contribution in [0.1, 0.15) is 29.7 Å². The van der Waals surface area contributed by atoms with Gasteiger partial charge in [0.15, 0.2) is 0 Å². The molecule has 23 heavy (non-hydrogen) atoms. The van der Waals surface area contributed by atoms with Gasteiger partial charge in [0.2, 0.25) is 5.91 Å². The lowest BCUT2D eigenvalue weighted by atomic mass is 9.88. The van der Waals surface area contributed by atoms with E-state index in [2.05, 4.69) is 0 Å². The van der Waals surface area contributed by atoms with E-state index in [-0.39, 0.29) is 24.5 Å². The molecule has 0 radical (unpaired) electrons. The molecule has 0 unspecified atom stereocenters. The number of carbonyl (C=O) groups excluding carboxylic acids is 2. The molecule has 0 bridgehead atoms. The molecule has 1 aliphatic heterocycles. The average Bonchev–Trinajstić information content (AvgIpc) is 2.56. The number of nitrogens with zero attached hydrogens (tertiary/aromatic N) is 1. The van der Waals surface area contributed by atoms with Crippen molar-refractivity contribution < 1.29 is 14.3 Å². The molecule has 1 amide bonds. The molecule has 118 valence electrons. The molecule has 1 atom stereocenters. The molecule has 0 saturated carbocycles. The lowest BCUT2D eigenvalue weighted by Crippen LogP contribution is -2.44. The third-order valence-corrected chi connectivity index (χ3v) is 4.04. The van der Waals surface area contributed by atoms with Crippen LogP contribution in [0.5, 0.6) is 0 Å². The SMILES string of the molecule is CCOC(=O)CN1C(=O)Cc2ccccc2[C@@H]1c1ccccc1. The summed E-state index contributed by atoms with van der Waals surface area (Å²) in [6.45, 7) is 2.05. The molecule has 0 aliphatic carbocycles. The van der Waals surface area contributed by atoms with Crippen molar-refractivity contribution >= 4 is 11.9 Å². The monoisotopic (exact) mass is 309 g/mol. The molecule has 4 heteroatoms. The minimum atomic E-state index is -0.374. The molecule has 0 spiro atoms. The Hall–Kier alpha value is -2.62. The van der Waals surface area contributed by atoms with Gasteiger partial charge in [-0.1, -0.05) is 54.6 Å². The molecule has 1 aliphatic rings. The van der Waals surface area contributed by atoms with Gasteiger partial charge >= 0.3 is 5.97 Å². The van der Waals surface area contributed by atoms with Gasteiger partial charge in [-0.3, -0.25) is 9.59 Å². The molecule has 0 fully saturated rings. The van der Waals surface area contributed by atoms with Gasteiger partial charge in [-0.25, -0.2) is 0 Å². The summed E-state index contributed by atoms with van der Waals surface area (Å²) in [4.78, 5) is 26.1. The zero-order chi connectivity index (χ0) is 16.2. The quantitative estimate of drug-likeness (QED) is 0.816. The van der Waals surface area contributed by atoms with E-state index in [1.54, 1.807) is 11.8 Å². The highest BCUT2D eigenvalue weighted by molar-refractivity contribution is 5.86. The van der Waals surface area contributed by atoms with Gasteiger partial charge in [-0.2, -0.15) is 0 Å². The van der Waals surface area contributed by atoms with Gasteiger partial charge in [0, 0.05) is 0 Å². The number of rotatable bonds is 4. The summed E-state index contributed by atoms with van der Waals surface area (Å²) < 4.78 is 5.03. The van der Waals surface area contributed by atoms with Gasteiger partial charge in [-0.05, 0) is 23.6 Å². The first-order valence-electron chi connectivity index (χ1n) is 7.78. The number of amides is 1. The number of fused-ring (bicyclic) bond motifs is 1. The van der Waals surface area contributed by atoms with Crippen molar-refractivity contribution in [2.45, 2.75) is 19.4 Å². The van der Waals surface area contributed by atoms with E-state index in [9.17, 15) is 9.59 Å². The Bertz CT molecular complexity index is 712. The van der Waals surface area contributed by atoms with Crippen LogP contribution in [0.25, 0.3) is 0 Å². The zero-order valence-corrected chi connectivity index (χ0v) is 13.1.